The smallest absolute Gasteiger partial charge is 0.220 e. The molecule has 1 heterocycles. The summed E-state index contributed by atoms with van der Waals surface area (Å²) in [7, 11) is 0. The van der Waals surface area contributed by atoms with E-state index in [0.717, 1.165) is 49.9 Å². The fraction of sp³-hybridized carbons (Fsp3) is 0.733. The Balaban J connectivity index is 2.12. The normalized spacial score (nSPS) is 32.4. The van der Waals surface area contributed by atoms with Gasteiger partial charge in [0.05, 0.1) is 5.69 Å². The molecule has 2 aliphatic carbocycles. The van der Waals surface area contributed by atoms with Crippen molar-refractivity contribution in [2.24, 2.45) is 5.92 Å². The molecule has 4 nitrogen and oxygen atoms in total. The molecule has 0 saturated carbocycles. The van der Waals surface area contributed by atoms with Crippen molar-refractivity contribution in [1.82, 2.24) is 9.97 Å². The van der Waals surface area contributed by atoms with Gasteiger partial charge in [-0.15, -0.1) is 0 Å². The summed E-state index contributed by atoms with van der Waals surface area (Å²) in [4.78, 5) is 8.81. The molecule has 3 atom stereocenters. The number of nitrogens with two attached hydrogens (primary N) is 1. The van der Waals surface area contributed by atoms with E-state index < -0.39 is 5.60 Å². The van der Waals surface area contributed by atoms with E-state index in [1.807, 2.05) is 0 Å². The Kier molecular flexibility index (Phi) is 3.01. The Labute approximate surface area is 114 Å². The molecule has 0 unspecified atom stereocenters. The lowest BCUT2D eigenvalue weighted by molar-refractivity contribution is -0.0451. The first-order valence-electron chi connectivity index (χ1n) is 7.45. The average Bonchev–Trinajstić information content (AvgIpc) is 2.77. The molecule has 0 radical (unpaired) electrons. The SMILES string of the molecule is CCCC[C@]1(O)c2nc(N)nc3c2[C@@H](CC3)C[C@H]1C. The Bertz CT molecular complexity index is 502. The molecule has 1 aromatic rings. The topological polar surface area (TPSA) is 72.0 Å². The van der Waals surface area contributed by atoms with Gasteiger partial charge >= 0.3 is 0 Å². The first kappa shape index (κ1) is 12.9. The molecule has 104 valence electrons. The number of aromatic nitrogens is 2. The minimum atomic E-state index is -0.808. The van der Waals surface area contributed by atoms with E-state index in [1.165, 1.54) is 5.56 Å². The van der Waals surface area contributed by atoms with Crippen LogP contribution in [0.15, 0.2) is 0 Å². The van der Waals surface area contributed by atoms with Gasteiger partial charge < -0.3 is 10.8 Å². The monoisotopic (exact) mass is 261 g/mol. The highest BCUT2D eigenvalue weighted by Gasteiger charge is 2.47. The zero-order valence-corrected chi connectivity index (χ0v) is 11.8. The van der Waals surface area contributed by atoms with Gasteiger partial charge in [-0.25, -0.2) is 9.97 Å². The van der Waals surface area contributed by atoms with Crippen molar-refractivity contribution in [2.45, 2.75) is 63.9 Å². The van der Waals surface area contributed by atoms with Crippen LogP contribution in [-0.4, -0.2) is 15.1 Å². The van der Waals surface area contributed by atoms with Gasteiger partial charge in [0.2, 0.25) is 5.95 Å². The van der Waals surface area contributed by atoms with Crippen molar-refractivity contribution in [2.75, 3.05) is 5.73 Å². The molecule has 0 amide bonds. The van der Waals surface area contributed by atoms with E-state index in [2.05, 4.69) is 23.8 Å². The lowest BCUT2D eigenvalue weighted by Crippen LogP contribution is -2.40. The quantitative estimate of drug-likeness (QED) is 0.877. The fourth-order valence-electron chi connectivity index (χ4n) is 3.84. The third-order valence-corrected chi connectivity index (χ3v) is 4.95. The van der Waals surface area contributed by atoms with E-state index in [-0.39, 0.29) is 5.92 Å². The standard InChI is InChI=1S/C15H23N3O/c1-3-4-7-15(19)9(2)8-10-5-6-11-12(10)13(15)18-14(16)17-11/h9-10,19H,3-8H2,1-2H3,(H2,16,17,18)/t9-,10+,15-/m1/s1. The Morgan fingerprint density at radius 1 is 1.42 bits per heavy atom. The number of aliphatic hydroxyl groups is 1. The van der Waals surface area contributed by atoms with Gasteiger partial charge in [0.15, 0.2) is 0 Å². The summed E-state index contributed by atoms with van der Waals surface area (Å²) < 4.78 is 0. The van der Waals surface area contributed by atoms with Gasteiger partial charge in [-0.05, 0) is 37.5 Å². The Morgan fingerprint density at radius 2 is 2.21 bits per heavy atom. The van der Waals surface area contributed by atoms with Crippen molar-refractivity contribution in [3.8, 4) is 0 Å². The highest BCUT2D eigenvalue weighted by atomic mass is 16.3. The molecule has 3 N–H and O–H groups in total. The summed E-state index contributed by atoms with van der Waals surface area (Å²) in [5, 5.41) is 11.2. The second-order valence-electron chi connectivity index (χ2n) is 6.19. The van der Waals surface area contributed by atoms with Crippen molar-refractivity contribution >= 4 is 5.95 Å². The second-order valence-corrected chi connectivity index (χ2v) is 6.19. The highest BCUT2D eigenvalue weighted by molar-refractivity contribution is 5.43. The molecule has 19 heavy (non-hydrogen) atoms. The van der Waals surface area contributed by atoms with Crippen molar-refractivity contribution in [3.05, 3.63) is 17.0 Å². The number of nitrogen functional groups attached to an aromatic ring is 1. The number of unbranched alkanes of at least 4 members (excludes halogenated alkanes) is 1. The molecule has 0 bridgehead atoms. The van der Waals surface area contributed by atoms with Crippen molar-refractivity contribution in [1.29, 1.82) is 0 Å². The largest absolute Gasteiger partial charge is 0.383 e. The van der Waals surface area contributed by atoms with E-state index in [4.69, 9.17) is 5.73 Å². The molecule has 3 rings (SSSR count). The Hall–Kier alpha value is -1.16. The molecule has 0 saturated heterocycles. The molecule has 1 aromatic heterocycles. The minimum Gasteiger partial charge on any atom is -0.383 e. The zero-order chi connectivity index (χ0) is 13.6. The molecule has 0 fully saturated rings. The van der Waals surface area contributed by atoms with Crippen LogP contribution in [0, 0.1) is 5.92 Å². The number of hydrogen-bond donors (Lipinski definition) is 2. The molecule has 0 aliphatic heterocycles. The van der Waals surface area contributed by atoms with Crippen LogP contribution in [0.1, 0.15) is 68.8 Å². The van der Waals surface area contributed by atoms with Crippen molar-refractivity contribution < 1.29 is 5.11 Å². The molecule has 4 heteroatoms. The molecule has 0 spiro atoms. The number of anilines is 1. The molecular formula is C15H23N3O. The number of aryl methyl sites for hydroxylation is 1. The third kappa shape index (κ3) is 1.84. The number of rotatable bonds is 3. The molecule has 0 aromatic carbocycles. The molecule has 2 aliphatic rings. The maximum absolute atomic E-state index is 11.2. The van der Waals surface area contributed by atoms with Crippen molar-refractivity contribution in [3.63, 3.8) is 0 Å². The predicted molar refractivity (Wildman–Crippen MR) is 74.7 cm³/mol. The van der Waals surface area contributed by atoms with E-state index in [1.54, 1.807) is 0 Å². The maximum atomic E-state index is 11.2. The lowest BCUT2D eigenvalue weighted by atomic mass is 9.69. The van der Waals surface area contributed by atoms with Gasteiger partial charge in [-0.3, -0.25) is 0 Å². The maximum Gasteiger partial charge on any atom is 0.220 e. The minimum absolute atomic E-state index is 0.247. The number of nitrogens with zero attached hydrogens (tertiary/aromatic N) is 2. The van der Waals surface area contributed by atoms with Crippen LogP contribution < -0.4 is 5.73 Å². The summed E-state index contributed by atoms with van der Waals surface area (Å²) in [5.74, 6) is 1.10. The van der Waals surface area contributed by atoms with Gasteiger partial charge in [-0.1, -0.05) is 26.7 Å². The second kappa shape index (κ2) is 4.44. The Morgan fingerprint density at radius 3 is 2.95 bits per heavy atom. The van der Waals surface area contributed by atoms with E-state index in [0.29, 0.717) is 11.9 Å². The number of hydrogen-bond acceptors (Lipinski definition) is 4. The fourth-order valence-corrected chi connectivity index (χ4v) is 3.84. The van der Waals surface area contributed by atoms with Crippen LogP contribution in [-0.2, 0) is 12.0 Å². The summed E-state index contributed by atoms with van der Waals surface area (Å²) in [5.41, 5.74) is 8.16. The van der Waals surface area contributed by atoms with Gasteiger partial charge in [0.25, 0.3) is 0 Å². The first-order valence-corrected chi connectivity index (χ1v) is 7.45. The van der Waals surface area contributed by atoms with Crippen LogP contribution in [0.3, 0.4) is 0 Å². The predicted octanol–water partition coefficient (Wildman–Crippen LogP) is 2.51. The van der Waals surface area contributed by atoms with Gasteiger partial charge in [0, 0.05) is 11.3 Å². The summed E-state index contributed by atoms with van der Waals surface area (Å²) >= 11 is 0. The van der Waals surface area contributed by atoms with Gasteiger partial charge in [-0.2, -0.15) is 0 Å². The van der Waals surface area contributed by atoms with E-state index >= 15 is 0 Å². The third-order valence-electron chi connectivity index (χ3n) is 4.95. The van der Waals surface area contributed by atoms with Gasteiger partial charge in [0.1, 0.15) is 5.60 Å². The average molecular weight is 261 g/mol. The molecular weight excluding hydrogens is 238 g/mol. The summed E-state index contributed by atoms with van der Waals surface area (Å²) in [6, 6.07) is 0. The summed E-state index contributed by atoms with van der Waals surface area (Å²) in [6.45, 7) is 4.30. The highest BCUT2D eigenvalue weighted by Crippen LogP contribution is 2.51. The van der Waals surface area contributed by atoms with Crippen LogP contribution in [0.4, 0.5) is 5.95 Å². The summed E-state index contributed by atoms with van der Waals surface area (Å²) in [6.07, 6.45) is 6.05. The van der Waals surface area contributed by atoms with Crippen LogP contribution >= 0.6 is 0 Å². The van der Waals surface area contributed by atoms with Crippen LogP contribution in [0.2, 0.25) is 0 Å². The lowest BCUT2D eigenvalue weighted by Gasteiger charge is -2.41. The van der Waals surface area contributed by atoms with Crippen LogP contribution in [0.25, 0.3) is 0 Å². The van der Waals surface area contributed by atoms with Crippen LogP contribution in [0.5, 0.6) is 0 Å². The van der Waals surface area contributed by atoms with E-state index in [9.17, 15) is 5.11 Å². The zero-order valence-electron chi connectivity index (χ0n) is 11.8. The first-order chi connectivity index (χ1) is 9.06.